The molecule has 5 heteroatoms. The number of nitrogens with zero attached hydrogens (tertiary/aromatic N) is 2. The molecule has 2 fully saturated rings. The summed E-state index contributed by atoms with van der Waals surface area (Å²) in [6.45, 7) is 3.54. The normalized spacial score (nSPS) is 29.4. The minimum atomic E-state index is 0.230. The molecule has 0 saturated carbocycles. The Morgan fingerprint density at radius 3 is 3.08 bits per heavy atom. The van der Waals surface area contributed by atoms with Crippen LogP contribution in [0.3, 0.4) is 0 Å². The van der Waals surface area contributed by atoms with Crippen LogP contribution in [0.1, 0.15) is 47.9 Å². The number of likely N-dealkylation sites (tertiary alicyclic amines) is 1. The second kappa shape index (κ2) is 6.56. The predicted octanol–water partition coefficient (Wildman–Crippen LogP) is 2.98. The van der Waals surface area contributed by atoms with Crippen molar-refractivity contribution in [3.05, 3.63) is 52.8 Å². The van der Waals surface area contributed by atoms with E-state index in [4.69, 9.17) is 9.47 Å². The molecule has 25 heavy (non-hydrogen) atoms. The Labute approximate surface area is 148 Å². The van der Waals surface area contributed by atoms with Crippen molar-refractivity contribution in [2.24, 2.45) is 0 Å². The lowest BCUT2D eigenvalue weighted by Crippen LogP contribution is -2.45. The summed E-state index contributed by atoms with van der Waals surface area (Å²) in [5.41, 5.74) is 5.02. The predicted molar refractivity (Wildman–Crippen MR) is 94.1 cm³/mol. The quantitative estimate of drug-likeness (QED) is 0.934. The van der Waals surface area contributed by atoms with Crippen LogP contribution in [0.5, 0.6) is 0 Å². The number of aromatic amines is 1. The number of benzene rings is 1. The first kappa shape index (κ1) is 15.6. The molecule has 0 amide bonds. The van der Waals surface area contributed by atoms with Crippen molar-refractivity contribution in [3.63, 3.8) is 0 Å². The molecule has 3 aliphatic rings. The lowest BCUT2D eigenvalue weighted by Gasteiger charge is -2.36. The molecule has 0 spiro atoms. The van der Waals surface area contributed by atoms with Gasteiger partial charge < -0.3 is 9.47 Å². The maximum absolute atomic E-state index is 6.42. The fourth-order valence-electron chi connectivity index (χ4n) is 4.61. The Morgan fingerprint density at radius 2 is 2.16 bits per heavy atom. The van der Waals surface area contributed by atoms with Crippen LogP contribution in [0.25, 0.3) is 0 Å². The van der Waals surface area contributed by atoms with E-state index in [1.807, 2.05) is 0 Å². The van der Waals surface area contributed by atoms with Crippen molar-refractivity contribution in [3.8, 4) is 0 Å². The van der Waals surface area contributed by atoms with Crippen molar-refractivity contribution >= 4 is 0 Å². The van der Waals surface area contributed by atoms with Crippen LogP contribution >= 0.6 is 0 Å². The van der Waals surface area contributed by atoms with Crippen LogP contribution in [-0.2, 0) is 29.0 Å². The number of fused-ring (bicyclic) bond motifs is 2. The summed E-state index contributed by atoms with van der Waals surface area (Å²) in [5, 5.41) is 7.82. The molecule has 1 N–H and O–H groups in total. The highest BCUT2D eigenvalue weighted by Crippen LogP contribution is 2.40. The standard InChI is InChI=1S/C20H25N3O2/c1-2-5-14(6-3-1)20-11-18-19(25-20)7-4-9-23(18)12-17-15-13-24-10-8-16(15)21-22-17/h1-3,5-6,18-20H,4,7-13H2,(H,21,22)/t18-,19-,20-/m0/s1. The van der Waals surface area contributed by atoms with E-state index in [2.05, 4.69) is 45.4 Å². The molecular weight excluding hydrogens is 314 g/mol. The van der Waals surface area contributed by atoms with Gasteiger partial charge in [0.1, 0.15) is 0 Å². The van der Waals surface area contributed by atoms with Crippen LogP contribution in [0.2, 0.25) is 0 Å². The van der Waals surface area contributed by atoms with Gasteiger partial charge in [-0.25, -0.2) is 0 Å². The molecule has 5 nitrogen and oxygen atoms in total. The lowest BCUT2D eigenvalue weighted by molar-refractivity contribution is -0.00618. The number of ether oxygens (including phenoxy) is 2. The number of hydrogen-bond donors (Lipinski definition) is 1. The number of H-pyrrole nitrogens is 1. The van der Waals surface area contributed by atoms with E-state index >= 15 is 0 Å². The number of aromatic nitrogens is 2. The van der Waals surface area contributed by atoms with Crippen molar-refractivity contribution in [1.29, 1.82) is 0 Å². The van der Waals surface area contributed by atoms with Crippen molar-refractivity contribution in [1.82, 2.24) is 15.1 Å². The average Bonchev–Trinajstić information content (AvgIpc) is 3.28. The minimum absolute atomic E-state index is 0.230. The highest BCUT2D eigenvalue weighted by Gasteiger charge is 2.41. The van der Waals surface area contributed by atoms with Crippen LogP contribution in [0.15, 0.2) is 30.3 Å². The van der Waals surface area contributed by atoms with Gasteiger partial charge in [0.05, 0.1) is 31.1 Å². The fraction of sp³-hybridized carbons (Fsp3) is 0.550. The van der Waals surface area contributed by atoms with Crippen molar-refractivity contribution in [2.45, 2.75) is 57.1 Å². The summed E-state index contributed by atoms with van der Waals surface area (Å²) in [5.74, 6) is 0. The Bertz CT molecular complexity index is 730. The summed E-state index contributed by atoms with van der Waals surface area (Å²) in [6.07, 6.45) is 4.99. The van der Waals surface area contributed by atoms with E-state index in [9.17, 15) is 0 Å². The molecule has 1 aromatic carbocycles. The molecule has 132 valence electrons. The largest absolute Gasteiger partial charge is 0.376 e. The van der Waals surface area contributed by atoms with E-state index in [1.54, 1.807) is 0 Å². The summed E-state index contributed by atoms with van der Waals surface area (Å²) in [7, 11) is 0. The van der Waals surface area contributed by atoms with Crippen molar-refractivity contribution in [2.75, 3.05) is 13.2 Å². The second-order valence-electron chi connectivity index (χ2n) is 7.42. The fourth-order valence-corrected chi connectivity index (χ4v) is 4.61. The molecule has 0 aliphatic carbocycles. The maximum Gasteiger partial charge on any atom is 0.0845 e. The van der Waals surface area contributed by atoms with Crippen molar-refractivity contribution < 1.29 is 9.47 Å². The topological polar surface area (TPSA) is 50.4 Å². The van der Waals surface area contributed by atoms with Crippen LogP contribution in [-0.4, -0.2) is 40.4 Å². The Morgan fingerprint density at radius 1 is 1.24 bits per heavy atom. The summed E-state index contributed by atoms with van der Waals surface area (Å²) in [6, 6.07) is 11.2. The third-order valence-corrected chi connectivity index (χ3v) is 5.93. The Kier molecular flexibility index (Phi) is 4.08. The summed E-state index contributed by atoms with van der Waals surface area (Å²) < 4.78 is 12.1. The van der Waals surface area contributed by atoms with Gasteiger partial charge in [-0.2, -0.15) is 5.10 Å². The summed E-state index contributed by atoms with van der Waals surface area (Å²) >= 11 is 0. The first-order valence-electron chi connectivity index (χ1n) is 9.45. The van der Waals surface area contributed by atoms with Crippen LogP contribution in [0.4, 0.5) is 0 Å². The lowest BCUT2D eigenvalue weighted by atomic mass is 9.95. The SMILES string of the molecule is c1ccc([C@@H]2C[C@H]3[C@H](CCCN3Cc3n[nH]c4c3COCC4)O2)cc1. The Hall–Kier alpha value is -1.69. The zero-order valence-corrected chi connectivity index (χ0v) is 14.5. The van der Waals surface area contributed by atoms with Gasteiger partial charge >= 0.3 is 0 Å². The molecule has 3 atom stereocenters. The molecule has 2 aromatic rings. The molecule has 0 radical (unpaired) electrons. The van der Waals surface area contributed by atoms with Gasteiger partial charge in [0.2, 0.25) is 0 Å². The third kappa shape index (κ3) is 2.90. The summed E-state index contributed by atoms with van der Waals surface area (Å²) in [4.78, 5) is 2.59. The smallest absolute Gasteiger partial charge is 0.0845 e. The molecular formula is C20H25N3O2. The van der Waals surface area contributed by atoms with Gasteiger partial charge in [-0.1, -0.05) is 30.3 Å². The van der Waals surface area contributed by atoms with E-state index in [-0.39, 0.29) is 6.10 Å². The van der Waals surface area contributed by atoms with Gasteiger partial charge in [0.15, 0.2) is 0 Å². The first-order valence-corrected chi connectivity index (χ1v) is 9.45. The number of nitrogens with one attached hydrogen (secondary N) is 1. The third-order valence-electron chi connectivity index (χ3n) is 5.93. The highest BCUT2D eigenvalue weighted by molar-refractivity contribution is 5.26. The molecule has 0 unspecified atom stereocenters. The zero-order valence-electron chi connectivity index (χ0n) is 14.5. The minimum Gasteiger partial charge on any atom is -0.376 e. The van der Waals surface area contributed by atoms with E-state index in [1.165, 1.54) is 35.4 Å². The molecule has 2 saturated heterocycles. The first-order chi connectivity index (χ1) is 12.4. The monoisotopic (exact) mass is 339 g/mol. The van der Waals surface area contributed by atoms with Crippen LogP contribution < -0.4 is 0 Å². The molecule has 1 aromatic heterocycles. The van der Waals surface area contributed by atoms with Gasteiger partial charge in [-0.05, 0) is 31.4 Å². The second-order valence-corrected chi connectivity index (χ2v) is 7.42. The highest BCUT2D eigenvalue weighted by atomic mass is 16.5. The Balaban J connectivity index is 1.33. The van der Waals surface area contributed by atoms with E-state index < -0.39 is 0 Å². The van der Waals surface area contributed by atoms with Gasteiger partial charge in [0, 0.05) is 30.3 Å². The van der Waals surface area contributed by atoms with E-state index in [0.717, 1.165) is 32.5 Å². The van der Waals surface area contributed by atoms with Gasteiger partial charge in [-0.15, -0.1) is 0 Å². The molecule has 5 rings (SSSR count). The number of rotatable bonds is 3. The molecule has 3 aliphatic heterocycles. The van der Waals surface area contributed by atoms with Crippen LogP contribution in [0, 0.1) is 0 Å². The maximum atomic E-state index is 6.42. The molecule has 0 bridgehead atoms. The number of piperidine rings is 1. The molecule has 4 heterocycles. The zero-order chi connectivity index (χ0) is 16.6. The number of hydrogen-bond acceptors (Lipinski definition) is 4. The average molecular weight is 339 g/mol. The van der Waals surface area contributed by atoms with E-state index in [0.29, 0.717) is 18.8 Å². The van der Waals surface area contributed by atoms with Gasteiger partial charge in [-0.3, -0.25) is 10.00 Å². The van der Waals surface area contributed by atoms with Gasteiger partial charge in [0.25, 0.3) is 0 Å².